The maximum absolute atomic E-state index is 12.3. The summed E-state index contributed by atoms with van der Waals surface area (Å²) in [6, 6.07) is 6.00. The number of hydrogen-bond acceptors (Lipinski definition) is 3. The van der Waals surface area contributed by atoms with E-state index in [9.17, 15) is 9.59 Å². The molecular weight excluding hydrogens is 228 g/mol. The maximum atomic E-state index is 12.3. The quantitative estimate of drug-likeness (QED) is 0.595. The van der Waals surface area contributed by atoms with Crippen LogP contribution in [0.2, 0.25) is 0 Å². The Bertz CT molecular complexity index is 489. The standard InChI is InChI=1S/C15H18O3/c1-9(2)11-5-4-10-6-7-12(15(17)18-3)14(16)13(10)8-11/h4-5,8-9,12H,6-7H2,1-3H3. The number of hydrogen-bond donors (Lipinski definition) is 0. The topological polar surface area (TPSA) is 43.4 Å². The lowest BCUT2D eigenvalue weighted by Crippen LogP contribution is -2.30. The third-order valence-corrected chi connectivity index (χ3v) is 3.57. The summed E-state index contributed by atoms with van der Waals surface area (Å²) in [5.74, 6) is -0.752. The maximum Gasteiger partial charge on any atom is 0.316 e. The molecule has 96 valence electrons. The predicted octanol–water partition coefficient (Wildman–Crippen LogP) is 2.73. The van der Waals surface area contributed by atoms with Crippen LogP contribution >= 0.6 is 0 Å². The normalized spacial score (nSPS) is 18.7. The van der Waals surface area contributed by atoms with E-state index in [-0.39, 0.29) is 5.78 Å². The molecular formula is C15H18O3. The molecule has 3 nitrogen and oxygen atoms in total. The van der Waals surface area contributed by atoms with Crippen molar-refractivity contribution in [3.05, 3.63) is 34.9 Å². The zero-order valence-corrected chi connectivity index (χ0v) is 11.0. The van der Waals surface area contributed by atoms with Crippen LogP contribution in [0, 0.1) is 5.92 Å². The van der Waals surface area contributed by atoms with Crippen molar-refractivity contribution in [2.24, 2.45) is 5.92 Å². The zero-order chi connectivity index (χ0) is 13.3. The van der Waals surface area contributed by atoms with Gasteiger partial charge in [-0.2, -0.15) is 0 Å². The molecule has 1 aromatic rings. The van der Waals surface area contributed by atoms with Crippen LogP contribution in [0.4, 0.5) is 0 Å². The molecule has 0 amide bonds. The fraction of sp³-hybridized carbons (Fsp3) is 0.467. The lowest BCUT2D eigenvalue weighted by atomic mass is 9.81. The molecule has 0 heterocycles. The van der Waals surface area contributed by atoms with Gasteiger partial charge in [0.25, 0.3) is 0 Å². The van der Waals surface area contributed by atoms with Crippen LogP contribution in [0.25, 0.3) is 0 Å². The number of esters is 1. The SMILES string of the molecule is COC(=O)C1CCc2ccc(C(C)C)cc2C1=O. The monoisotopic (exact) mass is 246 g/mol. The van der Waals surface area contributed by atoms with Crippen LogP contribution < -0.4 is 0 Å². The number of carbonyl (C=O) groups is 2. The number of aryl methyl sites for hydroxylation is 1. The lowest BCUT2D eigenvalue weighted by molar-refractivity contribution is -0.143. The highest BCUT2D eigenvalue weighted by atomic mass is 16.5. The highest BCUT2D eigenvalue weighted by Crippen LogP contribution is 2.29. The summed E-state index contributed by atoms with van der Waals surface area (Å²) >= 11 is 0. The lowest BCUT2D eigenvalue weighted by Gasteiger charge is -2.22. The predicted molar refractivity (Wildman–Crippen MR) is 68.7 cm³/mol. The van der Waals surface area contributed by atoms with Crippen LogP contribution in [0.5, 0.6) is 0 Å². The Hall–Kier alpha value is -1.64. The summed E-state index contributed by atoms with van der Waals surface area (Å²) in [7, 11) is 1.33. The van der Waals surface area contributed by atoms with Gasteiger partial charge in [-0.3, -0.25) is 9.59 Å². The molecule has 0 radical (unpaired) electrons. The van der Waals surface area contributed by atoms with Crippen LogP contribution in [0.3, 0.4) is 0 Å². The van der Waals surface area contributed by atoms with Crippen LogP contribution in [-0.2, 0) is 16.0 Å². The fourth-order valence-corrected chi connectivity index (χ4v) is 2.39. The zero-order valence-electron chi connectivity index (χ0n) is 11.0. The second-order valence-corrected chi connectivity index (χ2v) is 5.05. The number of fused-ring (bicyclic) bond motifs is 1. The van der Waals surface area contributed by atoms with Gasteiger partial charge in [-0.15, -0.1) is 0 Å². The van der Waals surface area contributed by atoms with E-state index in [0.717, 1.165) is 17.5 Å². The Balaban J connectivity index is 2.38. The molecule has 1 unspecified atom stereocenters. The van der Waals surface area contributed by atoms with E-state index in [2.05, 4.69) is 19.9 Å². The molecule has 0 N–H and O–H groups in total. The minimum Gasteiger partial charge on any atom is -0.468 e. The molecule has 1 aliphatic rings. The van der Waals surface area contributed by atoms with Crippen molar-refractivity contribution in [1.82, 2.24) is 0 Å². The summed E-state index contributed by atoms with van der Waals surface area (Å²) < 4.78 is 4.69. The average Bonchev–Trinajstić information content (AvgIpc) is 2.38. The third kappa shape index (κ3) is 2.17. The van der Waals surface area contributed by atoms with Gasteiger partial charge in [0.05, 0.1) is 7.11 Å². The van der Waals surface area contributed by atoms with Gasteiger partial charge in [0.15, 0.2) is 5.78 Å². The number of carbonyl (C=O) groups excluding carboxylic acids is 2. The molecule has 1 aromatic carbocycles. The molecule has 0 saturated heterocycles. The summed E-state index contributed by atoms with van der Waals surface area (Å²) in [6.07, 6.45) is 1.32. The second-order valence-electron chi connectivity index (χ2n) is 5.05. The Labute approximate surface area is 107 Å². The van der Waals surface area contributed by atoms with Crippen molar-refractivity contribution in [2.75, 3.05) is 7.11 Å². The molecule has 1 aliphatic carbocycles. The van der Waals surface area contributed by atoms with Crippen molar-refractivity contribution < 1.29 is 14.3 Å². The van der Waals surface area contributed by atoms with Crippen LogP contribution in [0.1, 0.15) is 47.7 Å². The Kier molecular flexibility index (Phi) is 3.50. The van der Waals surface area contributed by atoms with E-state index >= 15 is 0 Å². The molecule has 1 atom stereocenters. The highest BCUT2D eigenvalue weighted by Gasteiger charge is 2.33. The van der Waals surface area contributed by atoms with Crippen molar-refractivity contribution in [1.29, 1.82) is 0 Å². The van der Waals surface area contributed by atoms with Gasteiger partial charge >= 0.3 is 5.97 Å². The van der Waals surface area contributed by atoms with Gasteiger partial charge in [0.1, 0.15) is 5.92 Å². The number of Topliss-reactive ketones (excluding diaryl/α,β-unsaturated/α-hetero) is 1. The first-order valence-corrected chi connectivity index (χ1v) is 6.29. The molecule has 0 fully saturated rings. The van der Waals surface area contributed by atoms with Gasteiger partial charge in [-0.05, 0) is 36.0 Å². The largest absolute Gasteiger partial charge is 0.468 e. The number of benzene rings is 1. The van der Waals surface area contributed by atoms with Gasteiger partial charge < -0.3 is 4.74 Å². The molecule has 2 rings (SSSR count). The Morgan fingerprint density at radius 3 is 2.72 bits per heavy atom. The molecule has 0 spiro atoms. The van der Waals surface area contributed by atoms with E-state index in [0.29, 0.717) is 17.9 Å². The van der Waals surface area contributed by atoms with E-state index in [1.54, 1.807) is 0 Å². The number of rotatable bonds is 2. The van der Waals surface area contributed by atoms with Gasteiger partial charge in [0.2, 0.25) is 0 Å². The fourth-order valence-electron chi connectivity index (χ4n) is 2.39. The average molecular weight is 246 g/mol. The molecule has 0 saturated carbocycles. The van der Waals surface area contributed by atoms with Crippen LogP contribution in [-0.4, -0.2) is 18.9 Å². The van der Waals surface area contributed by atoms with E-state index < -0.39 is 11.9 Å². The first kappa shape index (κ1) is 12.8. The second kappa shape index (κ2) is 4.92. The third-order valence-electron chi connectivity index (χ3n) is 3.57. The Morgan fingerprint density at radius 1 is 1.39 bits per heavy atom. The highest BCUT2D eigenvalue weighted by molar-refractivity contribution is 6.10. The van der Waals surface area contributed by atoms with Gasteiger partial charge in [0, 0.05) is 5.56 Å². The molecule has 0 aromatic heterocycles. The minimum absolute atomic E-state index is 0.0920. The number of methoxy groups -OCH3 is 1. The summed E-state index contributed by atoms with van der Waals surface area (Å²) in [5.41, 5.74) is 2.88. The molecule has 0 aliphatic heterocycles. The number of ether oxygens (including phenoxy) is 1. The van der Waals surface area contributed by atoms with E-state index in [1.165, 1.54) is 7.11 Å². The Morgan fingerprint density at radius 2 is 2.11 bits per heavy atom. The minimum atomic E-state index is -0.620. The molecule has 18 heavy (non-hydrogen) atoms. The van der Waals surface area contributed by atoms with Crippen molar-refractivity contribution in [3.63, 3.8) is 0 Å². The number of ketones is 1. The van der Waals surface area contributed by atoms with Crippen molar-refractivity contribution >= 4 is 11.8 Å². The molecule has 0 bridgehead atoms. The van der Waals surface area contributed by atoms with E-state index in [4.69, 9.17) is 4.74 Å². The van der Waals surface area contributed by atoms with Crippen LogP contribution in [0.15, 0.2) is 18.2 Å². The van der Waals surface area contributed by atoms with E-state index in [1.807, 2.05) is 12.1 Å². The first-order valence-electron chi connectivity index (χ1n) is 6.29. The van der Waals surface area contributed by atoms with Gasteiger partial charge in [-0.25, -0.2) is 0 Å². The van der Waals surface area contributed by atoms with Crippen molar-refractivity contribution in [2.45, 2.75) is 32.6 Å². The summed E-state index contributed by atoms with van der Waals surface area (Å²) in [4.78, 5) is 23.9. The van der Waals surface area contributed by atoms with Crippen molar-refractivity contribution in [3.8, 4) is 0 Å². The first-order chi connectivity index (χ1) is 8.54. The summed E-state index contributed by atoms with van der Waals surface area (Å²) in [5, 5.41) is 0. The summed E-state index contributed by atoms with van der Waals surface area (Å²) in [6.45, 7) is 4.18. The molecule has 3 heteroatoms. The smallest absolute Gasteiger partial charge is 0.316 e. The van der Waals surface area contributed by atoms with Gasteiger partial charge in [-0.1, -0.05) is 26.0 Å².